The van der Waals surface area contributed by atoms with Gasteiger partial charge in [-0.05, 0) is 42.8 Å². The van der Waals surface area contributed by atoms with Crippen LogP contribution in [0.5, 0.6) is 17.2 Å². The monoisotopic (exact) mass is 419 g/mol. The van der Waals surface area contributed by atoms with Crippen molar-refractivity contribution in [1.82, 2.24) is 5.06 Å². The molecule has 31 heavy (non-hydrogen) atoms. The maximum absolute atomic E-state index is 12.3. The molecule has 2 aromatic rings. The molecular weight excluding hydrogens is 398 g/mol. The molecule has 0 saturated heterocycles. The number of carbonyl (C=O) groups is 1. The number of benzene rings is 2. The van der Waals surface area contributed by atoms with E-state index in [0.29, 0.717) is 36.3 Å². The summed E-state index contributed by atoms with van der Waals surface area (Å²) in [7, 11) is 1.61. The lowest BCUT2D eigenvalue weighted by atomic mass is 10.1. The minimum Gasteiger partial charge on any atom is -0.497 e. The largest absolute Gasteiger partial charge is 0.497 e. The number of hydrogen-bond acceptors (Lipinski definition) is 6. The Balaban J connectivity index is 1.33. The lowest BCUT2D eigenvalue weighted by Gasteiger charge is -2.22. The Morgan fingerprint density at radius 1 is 1.06 bits per heavy atom. The second kappa shape index (κ2) is 8.74. The van der Waals surface area contributed by atoms with E-state index in [1.54, 1.807) is 50.5 Å². The topological polar surface area (TPSA) is 93.4 Å². The first-order valence-corrected chi connectivity index (χ1v) is 9.63. The zero-order chi connectivity index (χ0) is 21.8. The van der Waals surface area contributed by atoms with Crippen molar-refractivity contribution in [3.8, 4) is 17.2 Å². The number of nitrogens with one attached hydrogen (secondary N) is 1. The maximum Gasteiger partial charge on any atom is 0.282 e. The van der Waals surface area contributed by atoms with Gasteiger partial charge in [-0.15, -0.1) is 5.06 Å². The molecular formula is C23H21N3O5. The zero-order valence-electron chi connectivity index (χ0n) is 17.1. The fraction of sp³-hybridized carbons (Fsp3) is 0.174. The number of ether oxygens (including phenoxy) is 3. The van der Waals surface area contributed by atoms with Gasteiger partial charge in [0.25, 0.3) is 5.91 Å². The maximum atomic E-state index is 12.3. The van der Waals surface area contributed by atoms with Crippen LogP contribution in [-0.2, 0) is 9.63 Å². The minimum atomic E-state index is -0.471. The third kappa shape index (κ3) is 4.58. The molecule has 0 bridgehead atoms. The van der Waals surface area contributed by atoms with Gasteiger partial charge in [-0.1, -0.05) is 18.2 Å². The number of amidine groups is 2. The first-order valence-electron chi connectivity index (χ1n) is 9.63. The van der Waals surface area contributed by atoms with Gasteiger partial charge >= 0.3 is 0 Å². The zero-order valence-corrected chi connectivity index (χ0v) is 17.1. The normalized spacial score (nSPS) is 16.5. The molecule has 0 unspecified atom stereocenters. The third-order valence-electron chi connectivity index (χ3n) is 4.53. The van der Waals surface area contributed by atoms with Crippen LogP contribution in [0.15, 0.2) is 70.9 Å². The summed E-state index contributed by atoms with van der Waals surface area (Å²) in [6.45, 7) is 2.49. The highest BCUT2D eigenvalue weighted by molar-refractivity contribution is 6.32. The first kappa shape index (κ1) is 20.2. The van der Waals surface area contributed by atoms with Crippen molar-refractivity contribution in [1.29, 1.82) is 5.41 Å². The van der Waals surface area contributed by atoms with Crippen LogP contribution in [0.2, 0.25) is 0 Å². The molecule has 8 heteroatoms. The van der Waals surface area contributed by atoms with Crippen LogP contribution in [-0.4, -0.2) is 43.0 Å². The van der Waals surface area contributed by atoms with Gasteiger partial charge in [0.2, 0.25) is 0 Å². The number of fused-ring (bicyclic) bond motifs is 1. The van der Waals surface area contributed by atoms with Gasteiger partial charge < -0.3 is 19.0 Å². The van der Waals surface area contributed by atoms with Crippen LogP contribution in [0.1, 0.15) is 12.5 Å². The van der Waals surface area contributed by atoms with Crippen LogP contribution >= 0.6 is 0 Å². The predicted octanol–water partition coefficient (Wildman–Crippen LogP) is 3.60. The van der Waals surface area contributed by atoms with Crippen molar-refractivity contribution in [2.24, 2.45) is 4.99 Å². The molecule has 2 aromatic carbocycles. The molecule has 0 aromatic heterocycles. The quantitative estimate of drug-likeness (QED) is 0.544. The molecule has 2 aliphatic heterocycles. The molecule has 1 N–H and O–H groups in total. The van der Waals surface area contributed by atoms with E-state index in [2.05, 4.69) is 4.99 Å². The van der Waals surface area contributed by atoms with Gasteiger partial charge in [-0.25, -0.2) is 0 Å². The average Bonchev–Trinajstić information content (AvgIpc) is 3.15. The molecule has 0 aliphatic carbocycles. The molecule has 0 atom stereocenters. The molecule has 1 amide bonds. The summed E-state index contributed by atoms with van der Waals surface area (Å²) in [4.78, 5) is 21.7. The second-order valence-electron chi connectivity index (χ2n) is 6.77. The molecule has 0 radical (unpaired) electrons. The Hall–Kier alpha value is -4.07. The number of allylic oxidation sites excluding steroid dienone is 1. The SMILES string of the molecule is COc1cccc(OCCOc2ccc(/C=C3\C(=N)N4OC(C)=CC4=NC3=O)cc2)c1. The van der Waals surface area contributed by atoms with E-state index in [0.717, 1.165) is 11.3 Å². The Bertz CT molecular complexity index is 1100. The van der Waals surface area contributed by atoms with Gasteiger partial charge in [-0.2, -0.15) is 4.99 Å². The number of methoxy groups -OCH3 is 1. The van der Waals surface area contributed by atoms with Gasteiger partial charge in [0.1, 0.15) is 36.2 Å². The van der Waals surface area contributed by atoms with Crippen molar-refractivity contribution in [3.63, 3.8) is 0 Å². The summed E-state index contributed by atoms with van der Waals surface area (Å²) in [6.07, 6.45) is 3.23. The fourth-order valence-electron chi connectivity index (χ4n) is 3.04. The number of rotatable bonds is 7. The number of hydroxylamine groups is 2. The molecule has 8 nitrogen and oxygen atoms in total. The van der Waals surface area contributed by atoms with E-state index < -0.39 is 5.91 Å². The van der Waals surface area contributed by atoms with E-state index in [-0.39, 0.29) is 11.4 Å². The van der Waals surface area contributed by atoms with Crippen LogP contribution in [0.4, 0.5) is 0 Å². The van der Waals surface area contributed by atoms with Gasteiger partial charge in [0.15, 0.2) is 11.7 Å². The van der Waals surface area contributed by atoms with Gasteiger partial charge in [0.05, 0.1) is 12.7 Å². The molecule has 0 fully saturated rings. The highest BCUT2D eigenvalue weighted by Gasteiger charge is 2.34. The standard InChI is InChI=1S/C23H21N3O5/c1-15-12-21-25-23(27)20(22(24)26(21)31-15)13-16-6-8-17(9-7-16)29-10-11-30-19-5-3-4-18(14-19)28-2/h3-9,12-14,24H,10-11H2,1-2H3/b20-13+,24-22?. The number of amides is 1. The summed E-state index contributed by atoms with van der Waals surface area (Å²) < 4.78 is 16.5. The van der Waals surface area contributed by atoms with E-state index in [9.17, 15) is 4.79 Å². The molecule has 0 saturated carbocycles. The van der Waals surface area contributed by atoms with Crippen LogP contribution < -0.4 is 14.2 Å². The molecule has 2 heterocycles. The van der Waals surface area contributed by atoms with Crippen molar-refractivity contribution >= 4 is 23.7 Å². The van der Waals surface area contributed by atoms with Crippen molar-refractivity contribution in [2.45, 2.75) is 6.92 Å². The van der Waals surface area contributed by atoms with Crippen LogP contribution in [0.3, 0.4) is 0 Å². The van der Waals surface area contributed by atoms with E-state index in [1.165, 1.54) is 5.06 Å². The Morgan fingerprint density at radius 2 is 1.77 bits per heavy atom. The first-order chi connectivity index (χ1) is 15.0. The van der Waals surface area contributed by atoms with E-state index in [1.807, 2.05) is 24.3 Å². The van der Waals surface area contributed by atoms with Crippen LogP contribution in [0.25, 0.3) is 6.08 Å². The summed E-state index contributed by atoms with van der Waals surface area (Å²) in [5.41, 5.74) is 0.905. The van der Waals surface area contributed by atoms with E-state index >= 15 is 0 Å². The lowest BCUT2D eigenvalue weighted by molar-refractivity contribution is -0.114. The summed E-state index contributed by atoms with van der Waals surface area (Å²) in [6, 6.07) is 14.6. The number of nitrogens with zero attached hydrogens (tertiary/aromatic N) is 2. The Morgan fingerprint density at radius 3 is 2.52 bits per heavy atom. The smallest absolute Gasteiger partial charge is 0.282 e. The minimum absolute atomic E-state index is 0.0434. The highest BCUT2D eigenvalue weighted by atomic mass is 16.7. The second-order valence-corrected chi connectivity index (χ2v) is 6.77. The van der Waals surface area contributed by atoms with Crippen molar-refractivity contribution in [3.05, 3.63) is 71.5 Å². The average molecular weight is 419 g/mol. The van der Waals surface area contributed by atoms with Crippen molar-refractivity contribution < 1.29 is 23.8 Å². The van der Waals surface area contributed by atoms with Gasteiger partial charge in [-0.3, -0.25) is 10.2 Å². The highest BCUT2D eigenvalue weighted by Crippen LogP contribution is 2.24. The summed E-state index contributed by atoms with van der Waals surface area (Å²) in [5.74, 6) is 2.50. The summed E-state index contributed by atoms with van der Waals surface area (Å²) in [5, 5.41) is 9.48. The van der Waals surface area contributed by atoms with Crippen molar-refractivity contribution in [2.75, 3.05) is 20.3 Å². The van der Waals surface area contributed by atoms with E-state index in [4.69, 9.17) is 24.5 Å². The third-order valence-corrected chi connectivity index (χ3v) is 4.53. The number of carbonyl (C=O) groups excluding carboxylic acids is 1. The Kier molecular flexibility index (Phi) is 5.70. The molecule has 2 aliphatic rings. The number of hydrogen-bond donors (Lipinski definition) is 1. The van der Waals surface area contributed by atoms with Gasteiger partial charge in [0, 0.05) is 12.1 Å². The summed E-state index contributed by atoms with van der Waals surface area (Å²) >= 11 is 0. The van der Waals surface area contributed by atoms with Crippen LogP contribution in [0, 0.1) is 5.41 Å². The molecule has 4 rings (SSSR count). The number of aliphatic imine (C=N–C) groups is 1. The predicted molar refractivity (Wildman–Crippen MR) is 115 cm³/mol. The lowest BCUT2D eigenvalue weighted by Crippen LogP contribution is -2.38. The fourth-order valence-corrected chi connectivity index (χ4v) is 3.04. The molecule has 0 spiro atoms. The Labute approximate surface area is 179 Å². The molecule has 158 valence electrons.